The maximum atomic E-state index is 12.8. The highest BCUT2D eigenvalue weighted by atomic mass is 16.5. The molecular formula is C22H29NO2. The van der Waals surface area contributed by atoms with Gasteiger partial charge in [0.2, 0.25) is 0 Å². The van der Waals surface area contributed by atoms with E-state index >= 15 is 0 Å². The standard InChI is InChI=1S/C22H29NO2/c1-6-23(7-2)21(24)20-14-9-8-13-19(20)18-12-10-11-17(15-18)16-25-22(3,4)5/h8-15H,6-7,16H2,1-5H3. The zero-order chi connectivity index (χ0) is 18.4. The van der Waals surface area contributed by atoms with Crippen molar-refractivity contribution in [2.45, 2.75) is 46.8 Å². The number of ether oxygens (including phenoxy) is 1. The van der Waals surface area contributed by atoms with Crippen molar-refractivity contribution in [2.75, 3.05) is 13.1 Å². The minimum Gasteiger partial charge on any atom is -0.371 e. The lowest BCUT2D eigenvalue weighted by atomic mass is 9.97. The van der Waals surface area contributed by atoms with E-state index in [0.717, 1.165) is 22.3 Å². The monoisotopic (exact) mass is 339 g/mol. The Morgan fingerprint density at radius 2 is 1.68 bits per heavy atom. The average molecular weight is 339 g/mol. The molecule has 134 valence electrons. The van der Waals surface area contributed by atoms with E-state index in [1.165, 1.54) is 0 Å². The minimum absolute atomic E-state index is 0.0805. The molecule has 0 saturated carbocycles. The number of carbonyl (C=O) groups is 1. The molecule has 0 fully saturated rings. The number of nitrogens with zero attached hydrogens (tertiary/aromatic N) is 1. The van der Waals surface area contributed by atoms with Crippen LogP contribution in [0.2, 0.25) is 0 Å². The second-order valence-corrected chi connectivity index (χ2v) is 7.12. The maximum absolute atomic E-state index is 12.8. The highest BCUT2D eigenvalue weighted by Crippen LogP contribution is 2.26. The van der Waals surface area contributed by atoms with Gasteiger partial charge in [0.15, 0.2) is 0 Å². The summed E-state index contributed by atoms with van der Waals surface area (Å²) >= 11 is 0. The quantitative estimate of drug-likeness (QED) is 0.728. The maximum Gasteiger partial charge on any atom is 0.254 e. The van der Waals surface area contributed by atoms with Gasteiger partial charge in [0.1, 0.15) is 0 Å². The van der Waals surface area contributed by atoms with Crippen LogP contribution in [0.25, 0.3) is 11.1 Å². The fourth-order valence-corrected chi connectivity index (χ4v) is 2.73. The third-order valence-corrected chi connectivity index (χ3v) is 4.12. The number of hydrogen-bond acceptors (Lipinski definition) is 2. The van der Waals surface area contributed by atoms with Crippen molar-refractivity contribution >= 4 is 5.91 Å². The fraction of sp³-hybridized carbons (Fsp3) is 0.409. The van der Waals surface area contributed by atoms with Crippen LogP contribution in [0, 0.1) is 0 Å². The predicted octanol–water partition coefficient (Wildman–Crippen LogP) is 5.15. The molecule has 0 aliphatic rings. The third-order valence-electron chi connectivity index (χ3n) is 4.12. The number of hydrogen-bond donors (Lipinski definition) is 0. The minimum atomic E-state index is -0.174. The SMILES string of the molecule is CCN(CC)C(=O)c1ccccc1-c1cccc(COC(C)(C)C)c1. The van der Waals surface area contributed by atoms with Gasteiger partial charge in [-0.2, -0.15) is 0 Å². The van der Waals surface area contributed by atoms with Gasteiger partial charge < -0.3 is 9.64 Å². The second kappa shape index (κ2) is 8.30. The van der Waals surface area contributed by atoms with Gasteiger partial charge in [0, 0.05) is 18.7 Å². The first-order valence-corrected chi connectivity index (χ1v) is 8.97. The molecule has 2 aromatic rings. The molecule has 0 radical (unpaired) electrons. The predicted molar refractivity (Wildman–Crippen MR) is 104 cm³/mol. The van der Waals surface area contributed by atoms with Crippen LogP contribution in [0.5, 0.6) is 0 Å². The zero-order valence-electron chi connectivity index (χ0n) is 16.0. The molecule has 0 aliphatic carbocycles. The summed E-state index contributed by atoms with van der Waals surface area (Å²) in [6, 6.07) is 16.1. The van der Waals surface area contributed by atoms with E-state index in [1.54, 1.807) is 0 Å². The normalized spacial score (nSPS) is 11.4. The molecule has 0 atom stereocenters. The summed E-state index contributed by atoms with van der Waals surface area (Å²) in [5.74, 6) is 0.0805. The van der Waals surface area contributed by atoms with Crippen molar-refractivity contribution < 1.29 is 9.53 Å². The highest BCUT2D eigenvalue weighted by molar-refractivity contribution is 6.00. The first kappa shape index (κ1) is 19.2. The van der Waals surface area contributed by atoms with Crippen molar-refractivity contribution in [3.8, 4) is 11.1 Å². The molecular weight excluding hydrogens is 310 g/mol. The Labute approximate surface area is 151 Å². The molecule has 0 saturated heterocycles. The van der Waals surface area contributed by atoms with E-state index in [2.05, 4.69) is 39.0 Å². The smallest absolute Gasteiger partial charge is 0.254 e. The van der Waals surface area contributed by atoms with E-state index in [9.17, 15) is 4.79 Å². The van der Waals surface area contributed by atoms with Gasteiger partial charge in [-0.3, -0.25) is 4.79 Å². The van der Waals surface area contributed by atoms with Crippen LogP contribution in [-0.2, 0) is 11.3 Å². The molecule has 3 heteroatoms. The second-order valence-electron chi connectivity index (χ2n) is 7.12. The van der Waals surface area contributed by atoms with Crippen molar-refractivity contribution in [3.63, 3.8) is 0 Å². The topological polar surface area (TPSA) is 29.5 Å². The summed E-state index contributed by atoms with van der Waals surface area (Å²) in [7, 11) is 0. The third kappa shape index (κ3) is 5.17. The molecule has 0 bridgehead atoms. The number of rotatable bonds is 6. The molecule has 0 N–H and O–H groups in total. The van der Waals surface area contributed by atoms with Gasteiger partial charge >= 0.3 is 0 Å². The van der Waals surface area contributed by atoms with Crippen molar-refractivity contribution in [1.29, 1.82) is 0 Å². The Balaban J connectivity index is 2.35. The highest BCUT2D eigenvalue weighted by Gasteiger charge is 2.17. The Kier molecular flexibility index (Phi) is 6.38. The molecule has 2 aromatic carbocycles. The zero-order valence-corrected chi connectivity index (χ0v) is 16.0. The average Bonchev–Trinajstić information content (AvgIpc) is 2.60. The van der Waals surface area contributed by atoms with E-state index in [1.807, 2.05) is 49.1 Å². The molecule has 0 heterocycles. The fourth-order valence-electron chi connectivity index (χ4n) is 2.73. The van der Waals surface area contributed by atoms with Crippen LogP contribution in [0.15, 0.2) is 48.5 Å². The molecule has 0 unspecified atom stereocenters. The molecule has 3 nitrogen and oxygen atoms in total. The first-order chi connectivity index (χ1) is 11.9. The lowest BCUT2D eigenvalue weighted by Crippen LogP contribution is -2.30. The van der Waals surface area contributed by atoms with E-state index < -0.39 is 0 Å². The molecule has 25 heavy (non-hydrogen) atoms. The van der Waals surface area contributed by atoms with Gasteiger partial charge in [-0.15, -0.1) is 0 Å². The van der Waals surface area contributed by atoms with Crippen molar-refractivity contribution in [3.05, 3.63) is 59.7 Å². The van der Waals surface area contributed by atoms with Crippen LogP contribution in [-0.4, -0.2) is 29.5 Å². The number of carbonyl (C=O) groups excluding carboxylic acids is 1. The van der Waals surface area contributed by atoms with Gasteiger partial charge in [-0.25, -0.2) is 0 Å². The van der Waals surface area contributed by atoms with Gasteiger partial charge in [0.25, 0.3) is 5.91 Å². The molecule has 2 rings (SSSR count). The first-order valence-electron chi connectivity index (χ1n) is 8.97. The number of amides is 1. The Morgan fingerprint density at radius 1 is 1.00 bits per heavy atom. The van der Waals surface area contributed by atoms with Crippen LogP contribution in [0.1, 0.15) is 50.5 Å². The van der Waals surface area contributed by atoms with Crippen molar-refractivity contribution in [2.24, 2.45) is 0 Å². The van der Waals surface area contributed by atoms with Gasteiger partial charge in [0.05, 0.1) is 12.2 Å². The molecule has 1 amide bonds. The largest absolute Gasteiger partial charge is 0.371 e. The Bertz CT molecular complexity index is 712. The summed E-state index contributed by atoms with van der Waals surface area (Å²) < 4.78 is 5.88. The summed E-state index contributed by atoms with van der Waals surface area (Å²) in [5, 5.41) is 0. The van der Waals surface area contributed by atoms with Gasteiger partial charge in [-0.05, 0) is 63.4 Å². The Hall–Kier alpha value is -2.13. The van der Waals surface area contributed by atoms with Crippen LogP contribution < -0.4 is 0 Å². The van der Waals surface area contributed by atoms with Crippen LogP contribution >= 0.6 is 0 Å². The summed E-state index contributed by atoms with van der Waals surface area (Å²) in [4.78, 5) is 14.7. The summed E-state index contributed by atoms with van der Waals surface area (Å²) in [6.07, 6.45) is 0. The lowest BCUT2D eigenvalue weighted by molar-refractivity contribution is -0.0149. The van der Waals surface area contributed by atoms with Crippen LogP contribution in [0.4, 0.5) is 0 Å². The van der Waals surface area contributed by atoms with E-state index in [0.29, 0.717) is 19.7 Å². The molecule has 0 aliphatic heterocycles. The van der Waals surface area contributed by atoms with E-state index in [-0.39, 0.29) is 11.5 Å². The summed E-state index contributed by atoms with van der Waals surface area (Å²) in [6.45, 7) is 12.2. The molecule has 0 aromatic heterocycles. The van der Waals surface area contributed by atoms with Gasteiger partial charge in [-0.1, -0.05) is 36.4 Å². The Morgan fingerprint density at radius 3 is 2.32 bits per heavy atom. The number of benzene rings is 2. The molecule has 0 spiro atoms. The van der Waals surface area contributed by atoms with E-state index in [4.69, 9.17) is 4.74 Å². The lowest BCUT2D eigenvalue weighted by Gasteiger charge is -2.21. The summed E-state index contributed by atoms with van der Waals surface area (Å²) in [5.41, 5.74) is 3.70. The van der Waals surface area contributed by atoms with Crippen LogP contribution in [0.3, 0.4) is 0 Å². The van der Waals surface area contributed by atoms with Crippen molar-refractivity contribution in [1.82, 2.24) is 4.90 Å².